The molecule has 118 valence electrons. The first-order chi connectivity index (χ1) is 10.6. The van der Waals surface area contributed by atoms with Gasteiger partial charge in [0, 0.05) is 32.4 Å². The minimum absolute atomic E-state index is 0.728. The van der Waals surface area contributed by atoms with E-state index in [0.29, 0.717) is 0 Å². The maximum atomic E-state index is 6.14. The molecule has 0 aliphatic carbocycles. The summed E-state index contributed by atoms with van der Waals surface area (Å²) in [4.78, 5) is 6.21. The molecule has 0 fully saturated rings. The van der Waals surface area contributed by atoms with E-state index in [0.717, 1.165) is 37.6 Å². The highest BCUT2D eigenvalue weighted by Gasteiger charge is 2.10. The second-order valence-electron chi connectivity index (χ2n) is 5.48. The molecule has 1 aromatic rings. The van der Waals surface area contributed by atoms with E-state index >= 15 is 0 Å². The Balaban J connectivity index is 1.89. The van der Waals surface area contributed by atoms with Gasteiger partial charge in [0.05, 0.1) is 17.9 Å². The van der Waals surface area contributed by atoms with Crippen LogP contribution in [0, 0.1) is 0 Å². The lowest BCUT2D eigenvalue weighted by molar-refractivity contribution is 0.308. The van der Waals surface area contributed by atoms with Crippen molar-refractivity contribution >= 4 is 18.1 Å². The summed E-state index contributed by atoms with van der Waals surface area (Å²) < 4.78 is 0. The van der Waals surface area contributed by atoms with Crippen molar-refractivity contribution in [3.8, 4) is 0 Å². The Morgan fingerprint density at radius 3 is 2.82 bits per heavy atom. The van der Waals surface area contributed by atoms with Crippen LogP contribution in [-0.4, -0.2) is 45.0 Å². The van der Waals surface area contributed by atoms with Crippen LogP contribution >= 0.6 is 0 Å². The van der Waals surface area contributed by atoms with Gasteiger partial charge in [0.15, 0.2) is 0 Å². The number of dihydropyridines is 1. The molecule has 0 spiro atoms. The number of hydrazine groups is 1. The number of nitrogens with zero attached hydrogens (tertiary/aromatic N) is 3. The van der Waals surface area contributed by atoms with E-state index in [-0.39, 0.29) is 0 Å². The average molecular weight is 299 g/mol. The summed E-state index contributed by atoms with van der Waals surface area (Å²) in [5, 5.41) is 5.21. The topological polar surface area (TPSA) is 56.9 Å². The number of allylic oxidation sites excluding steroid dienone is 2. The van der Waals surface area contributed by atoms with E-state index in [1.54, 1.807) is 0 Å². The lowest BCUT2D eigenvalue weighted by atomic mass is 10.1. The molecule has 0 radical (unpaired) electrons. The number of anilines is 1. The van der Waals surface area contributed by atoms with Crippen LogP contribution < -0.4 is 16.1 Å². The Kier molecular flexibility index (Phi) is 5.75. The van der Waals surface area contributed by atoms with E-state index in [1.165, 1.54) is 11.3 Å². The van der Waals surface area contributed by atoms with E-state index in [2.05, 4.69) is 41.0 Å². The first-order valence-electron chi connectivity index (χ1n) is 7.48. The van der Waals surface area contributed by atoms with Crippen molar-refractivity contribution in [1.29, 1.82) is 0 Å². The smallest absolute Gasteiger partial charge is 0.0855 e. The van der Waals surface area contributed by atoms with Crippen molar-refractivity contribution in [2.45, 2.75) is 6.92 Å². The first kappa shape index (κ1) is 16.3. The second-order valence-corrected chi connectivity index (χ2v) is 5.48. The molecule has 2 rings (SSSR count). The predicted molar refractivity (Wildman–Crippen MR) is 94.5 cm³/mol. The third-order valence-electron chi connectivity index (χ3n) is 3.82. The van der Waals surface area contributed by atoms with Crippen LogP contribution in [0.1, 0.15) is 6.92 Å². The Labute approximate surface area is 132 Å². The quantitative estimate of drug-likeness (QED) is 0.460. The van der Waals surface area contributed by atoms with Gasteiger partial charge in [-0.3, -0.25) is 10.8 Å². The van der Waals surface area contributed by atoms with Crippen molar-refractivity contribution in [2.24, 2.45) is 10.8 Å². The predicted octanol–water partition coefficient (Wildman–Crippen LogP) is 2.06. The zero-order valence-electron chi connectivity index (χ0n) is 13.4. The Morgan fingerprint density at radius 1 is 1.32 bits per heavy atom. The Bertz CT molecular complexity index is 576. The normalized spacial score (nSPS) is 14.2. The molecule has 0 unspecified atom stereocenters. The Hall–Kier alpha value is -2.11. The molecule has 5 nitrogen and oxygen atoms in total. The molecular formula is C17H25N5. The van der Waals surface area contributed by atoms with Gasteiger partial charge < -0.3 is 10.2 Å². The molecule has 0 aromatic heterocycles. The van der Waals surface area contributed by atoms with Crippen LogP contribution in [0.25, 0.3) is 0 Å². The van der Waals surface area contributed by atoms with Gasteiger partial charge in [-0.15, -0.1) is 0 Å². The number of nitrogens with two attached hydrogens (primary N) is 1. The number of hydrogen-bond acceptors (Lipinski definition) is 5. The van der Waals surface area contributed by atoms with Crippen molar-refractivity contribution in [2.75, 3.05) is 38.1 Å². The second kappa shape index (κ2) is 7.77. The summed E-state index contributed by atoms with van der Waals surface area (Å²) in [5.74, 6) is 6.14. The number of para-hydroxylation sites is 2. The third-order valence-corrected chi connectivity index (χ3v) is 3.82. The fraction of sp³-hybridized carbons (Fsp3) is 0.353. The molecule has 0 amide bonds. The van der Waals surface area contributed by atoms with E-state index in [1.807, 2.05) is 36.3 Å². The molecule has 1 aliphatic heterocycles. The van der Waals surface area contributed by atoms with Gasteiger partial charge in [-0.25, -0.2) is 5.01 Å². The van der Waals surface area contributed by atoms with Gasteiger partial charge >= 0.3 is 0 Å². The summed E-state index contributed by atoms with van der Waals surface area (Å²) in [6.45, 7) is 8.92. The van der Waals surface area contributed by atoms with Crippen LogP contribution in [0.15, 0.2) is 52.7 Å². The number of rotatable bonds is 7. The molecule has 0 saturated heterocycles. The van der Waals surface area contributed by atoms with Crippen LogP contribution in [0.4, 0.5) is 11.4 Å². The lowest BCUT2D eigenvalue weighted by Crippen LogP contribution is -2.41. The van der Waals surface area contributed by atoms with Gasteiger partial charge in [-0.1, -0.05) is 24.3 Å². The summed E-state index contributed by atoms with van der Waals surface area (Å²) in [6.07, 6.45) is 4.25. The fourth-order valence-electron chi connectivity index (χ4n) is 2.44. The zero-order chi connectivity index (χ0) is 15.9. The SMILES string of the molecule is C=Nc1ccccc1N(C)CCN(N)CC1=C(C)C=CCN1. The van der Waals surface area contributed by atoms with E-state index in [9.17, 15) is 0 Å². The monoisotopic (exact) mass is 299 g/mol. The standard InChI is InChI=1S/C17H25N5/c1-14-7-6-10-20-16(14)13-22(18)12-11-21(3)17-9-5-4-8-15(17)19-2/h4-9,20H,2,10-13,18H2,1,3H3. The molecule has 0 saturated carbocycles. The fourth-order valence-corrected chi connectivity index (χ4v) is 2.44. The van der Waals surface area contributed by atoms with Crippen LogP contribution in [0.5, 0.6) is 0 Å². The maximum absolute atomic E-state index is 6.14. The first-order valence-corrected chi connectivity index (χ1v) is 7.48. The molecule has 1 aliphatic rings. The highest BCUT2D eigenvalue weighted by Crippen LogP contribution is 2.26. The lowest BCUT2D eigenvalue weighted by Gasteiger charge is -2.26. The maximum Gasteiger partial charge on any atom is 0.0855 e. The number of hydrogen-bond donors (Lipinski definition) is 2. The van der Waals surface area contributed by atoms with Gasteiger partial charge in [0.25, 0.3) is 0 Å². The molecule has 1 aromatic carbocycles. The minimum atomic E-state index is 0.728. The summed E-state index contributed by atoms with van der Waals surface area (Å²) in [6, 6.07) is 7.98. The van der Waals surface area contributed by atoms with Crippen molar-refractivity contribution in [3.05, 3.63) is 47.7 Å². The molecule has 0 atom stereocenters. The largest absolute Gasteiger partial charge is 0.384 e. The van der Waals surface area contributed by atoms with Gasteiger partial charge in [-0.05, 0) is 31.3 Å². The highest BCUT2D eigenvalue weighted by molar-refractivity contribution is 5.68. The van der Waals surface area contributed by atoms with Crippen LogP contribution in [-0.2, 0) is 0 Å². The van der Waals surface area contributed by atoms with Gasteiger partial charge in [-0.2, -0.15) is 0 Å². The molecule has 22 heavy (non-hydrogen) atoms. The number of benzene rings is 1. The number of likely N-dealkylation sites (N-methyl/N-ethyl adjacent to an activating group) is 1. The third kappa shape index (κ3) is 4.19. The molecular weight excluding hydrogens is 274 g/mol. The highest BCUT2D eigenvalue weighted by atomic mass is 15.4. The minimum Gasteiger partial charge on any atom is -0.384 e. The average Bonchev–Trinajstić information content (AvgIpc) is 2.54. The van der Waals surface area contributed by atoms with E-state index < -0.39 is 0 Å². The zero-order valence-corrected chi connectivity index (χ0v) is 13.4. The number of aliphatic imine (C=N–C) groups is 1. The van der Waals surface area contributed by atoms with Gasteiger partial charge in [0.2, 0.25) is 0 Å². The molecule has 1 heterocycles. The number of nitrogens with one attached hydrogen (secondary N) is 1. The van der Waals surface area contributed by atoms with Crippen molar-refractivity contribution in [1.82, 2.24) is 10.3 Å². The van der Waals surface area contributed by atoms with Crippen LogP contribution in [0.2, 0.25) is 0 Å². The molecule has 5 heteroatoms. The van der Waals surface area contributed by atoms with Crippen molar-refractivity contribution in [3.63, 3.8) is 0 Å². The summed E-state index contributed by atoms with van der Waals surface area (Å²) >= 11 is 0. The molecule has 3 N–H and O–H groups in total. The van der Waals surface area contributed by atoms with Gasteiger partial charge in [0.1, 0.15) is 0 Å². The van der Waals surface area contributed by atoms with E-state index in [4.69, 9.17) is 5.84 Å². The summed E-state index contributed by atoms with van der Waals surface area (Å²) in [5.41, 5.74) is 4.41. The summed E-state index contributed by atoms with van der Waals surface area (Å²) in [7, 11) is 2.05. The van der Waals surface area contributed by atoms with Crippen molar-refractivity contribution < 1.29 is 0 Å². The Morgan fingerprint density at radius 2 is 2.09 bits per heavy atom. The van der Waals surface area contributed by atoms with Crippen LogP contribution in [0.3, 0.4) is 0 Å². The molecule has 0 bridgehead atoms.